The highest BCUT2D eigenvalue weighted by Crippen LogP contribution is 2.18. The van der Waals surface area contributed by atoms with E-state index < -0.39 is 5.82 Å². The third kappa shape index (κ3) is 3.65. The van der Waals surface area contributed by atoms with E-state index in [1.807, 2.05) is 0 Å². The number of rotatable bonds is 3. The highest BCUT2D eigenvalue weighted by atomic mass is 35.5. The van der Waals surface area contributed by atoms with Gasteiger partial charge in [-0.15, -0.1) is 0 Å². The molecular weight excluding hydrogens is 301 g/mol. The number of carbonyl (C=O) groups is 1. The van der Waals surface area contributed by atoms with E-state index in [1.54, 1.807) is 4.90 Å². The average Bonchev–Trinajstić information content (AvgIpc) is 2.41. The van der Waals surface area contributed by atoms with Gasteiger partial charge in [-0.2, -0.15) is 0 Å². The molecule has 1 saturated heterocycles. The molecule has 7 heteroatoms. The van der Waals surface area contributed by atoms with Crippen molar-refractivity contribution in [2.24, 2.45) is 5.73 Å². The SMILES string of the molecule is NC(=S)CN1CCN(C(=O)c2ccc(F)c(Cl)c2)CC1. The van der Waals surface area contributed by atoms with Crippen molar-refractivity contribution in [3.63, 3.8) is 0 Å². The van der Waals surface area contributed by atoms with Gasteiger partial charge in [-0.25, -0.2) is 4.39 Å². The van der Waals surface area contributed by atoms with Crippen LogP contribution in [-0.2, 0) is 0 Å². The van der Waals surface area contributed by atoms with Crippen LogP contribution in [0.4, 0.5) is 4.39 Å². The van der Waals surface area contributed by atoms with Gasteiger partial charge in [-0.3, -0.25) is 9.69 Å². The summed E-state index contributed by atoms with van der Waals surface area (Å²) in [6.07, 6.45) is 0. The van der Waals surface area contributed by atoms with Crippen LogP contribution in [0.1, 0.15) is 10.4 Å². The number of hydrogen-bond acceptors (Lipinski definition) is 3. The van der Waals surface area contributed by atoms with E-state index in [0.717, 1.165) is 13.1 Å². The Morgan fingerprint density at radius 2 is 2.00 bits per heavy atom. The summed E-state index contributed by atoms with van der Waals surface area (Å²) >= 11 is 10.6. The van der Waals surface area contributed by atoms with Crippen molar-refractivity contribution in [1.82, 2.24) is 9.80 Å². The van der Waals surface area contributed by atoms with Gasteiger partial charge in [-0.1, -0.05) is 23.8 Å². The first kappa shape index (κ1) is 15.2. The number of hydrogen-bond donors (Lipinski definition) is 1. The molecular formula is C13H15ClFN3OS. The molecule has 1 aromatic rings. The second kappa shape index (κ2) is 6.47. The van der Waals surface area contributed by atoms with Crippen LogP contribution in [-0.4, -0.2) is 53.4 Å². The maximum absolute atomic E-state index is 13.1. The van der Waals surface area contributed by atoms with Gasteiger partial charge in [0, 0.05) is 38.3 Å². The summed E-state index contributed by atoms with van der Waals surface area (Å²) in [5.41, 5.74) is 5.90. The summed E-state index contributed by atoms with van der Waals surface area (Å²) in [6, 6.07) is 4.02. The summed E-state index contributed by atoms with van der Waals surface area (Å²) in [6.45, 7) is 3.20. The average molecular weight is 316 g/mol. The van der Waals surface area contributed by atoms with Crippen molar-refractivity contribution in [1.29, 1.82) is 0 Å². The Balaban J connectivity index is 1.97. The van der Waals surface area contributed by atoms with Crippen molar-refractivity contribution < 1.29 is 9.18 Å². The van der Waals surface area contributed by atoms with Crippen molar-refractivity contribution >= 4 is 34.7 Å². The van der Waals surface area contributed by atoms with Crippen LogP contribution in [0, 0.1) is 5.82 Å². The Hall–Kier alpha value is -1.24. The van der Waals surface area contributed by atoms with Crippen LogP contribution in [0.15, 0.2) is 18.2 Å². The first-order valence-electron chi connectivity index (χ1n) is 6.22. The summed E-state index contributed by atoms with van der Waals surface area (Å²) in [7, 11) is 0. The minimum absolute atomic E-state index is 0.0389. The quantitative estimate of drug-likeness (QED) is 0.859. The molecule has 0 spiro atoms. The van der Waals surface area contributed by atoms with E-state index in [0.29, 0.717) is 30.2 Å². The first-order valence-corrected chi connectivity index (χ1v) is 7.01. The monoisotopic (exact) mass is 315 g/mol. The van der Waals surface area contributed by atoms with Gasteiger partial charge in [0.05, 0.1) is 10.0 Å². The van der Waals surface area contributed by atoms with Gasteiger partial charge in [0.15, 0.2) is 0 Å². The fraction of sp³-hybridized carbons (Fsp3) is 0.385. The van der Waals surface area contributed by atoms with Crippen molar-refractivity contribution in [2.75, 3.05) is 32.7 Å². The fourth-order valence-electron chi connectivity index (χ4n) is 2.14. The Labute approximate surface area is 127 Å². The molecule has 20 heavy (non-hydrogen) atoms. The molecule has 0 saturated carbocycles. The summed E-state index contributed by atoms with van der Waals surface area (Å²) in [4.78, 5) is 16.5. The van der Waals surface area contributed by atoms with E-state index >= 15 is 0 Å². The maximum atomic E-state index is 13.1. The molecule has 1 heterocycles. The number of thiocarbonyl (C=S) groups is 1. The lowest BCUT2D eigenvalue weighted by Crippen LogP contribution is -2.50. The zero-order valence-corrected chi connectivity index (χ0v) is 12.4. The molecule has 1 amide bonds. The predicted octanol–water partition coefficient (Wildman–Crippen LogP) is 1.52. The topological polar surface area (TPSA) is 49.6 Å². The minimum atomic E-state index is -0.524. The first-order chi connectivity index (χ1) is 9.47. The molecule has 2 rings (SSSR count). The highest BCUT2D eigenvalue weighted by molar-refractivity contribution is 7.80. The number of nitrogens with zero attached hydrogens (tertiary/aromatic N) is 2. The summed E-state index contributed by atoms with van der Waals surface area (Å²) in [5, 5.41) is -0.0389. The van der Waals surface area contributed by atoms with Gasteiger partial charge in [-0.05, 0) is 18.2 Å². The fourth-order valence-corrected chi connectivity index (χ4v) is 2.50. The number of piperazine rings is 1. The zero-order chi connectivity index (χ0) is 14.7. The van der Waals surface area contributed by atoms with Crippen molar-refractivity contribution in [2.45, 2.75) is 0 Å². The normalized spacial score (nSPS) is 16.2. The third-order valence-electron chi connectivity index (χ3n) is 3.21. The van der Waals surface area contributed by atoms with E-state index in [-0.39, 0.29) is 10.9 Å². The van der Waals surface area contributed by atoms with E-state index in [1.165, 1.54) is 18.2 Å². The van der Waals surface area contributed by atoms with Crippen molar-refractivity contribution in [3.8, 4) is 0 Å². The highest BCUT2D eigenvalue weighted by Gasteiger charge is 2.22. The smallest absolute Gasteiger partial charge is 0.253 e. The number of amides is 1. The summed E-state index contributed by atoms with van der Waals surface area (Å²) < 4.78 is 13.1. The van der Waals surface area contributed by atoms with Gasteiger partial charge < -0.3 is 10.6 Å². The van der Waals surface area contributed by atoms with Crippen LogP contribution in [0.3, 0.4) is 0 Å². The number of halogens is 2. The number of nitrogens with two attached hydrogens (primary N) is 1. The lowest BCUT2D eigenvalue weighted by molar-refractivity contribution is 0.0654. The molecule has 0 radical (unpaired) electrons. The number of carbonyl (C=O) groups excluding carboxylic acids is 1. The minimum Gasteiger partial charge on any atom is -0.392 e. The van der Waals surface area contributed by atoms with Gasteiger partial charge >= 0.3 is 0 Å². The third-order valence-corrected chi connectivity index (χ3v) is 3.62. The van der Waals surface area contributed by atoms with Gasteiger partial charge in [0.1, 0.15) is 5.82 Å². The molecule has 0 aliphatic carbocycles. The van der Waals surface area contributed by atoms with Crippen LogP contribution in [0.5, 0.6) is 0 Å². The van der Waals surface area contributed by atoms with E-state index in [4.69, 9.17) is 29.6 Å². The Bertz CT molecular complexity index is 532. The molecule has 2 N–H and O–H groups in total. The molecule has 0 bridgehead atoms. The van der Waals surface area contributed by atoms with Crippen LogP contribution in [0.2, 0.25) is 5.02 Å². The van der Waals surface area contributed by atoms with Crippen molar-refractivity contribution in [3.05, 3.63) is 34.6 Å². The second-order valence-electron chi connectivity index (χ2n) is 4.66. The van der Waals surface area contributed by atoms with E-state index in [2.05, 4.69) is 4.90 Å². The zero-order valence-electron chi connectivity index (χ0n) is 10.8. The van der Waals surface area contributed by atoms with Crippen LogP contribution < -0.4 is 5.73 Å². The summed E-state index contributed by atoms with van der Waals surface area (Å²) in [5.74, 6) is -0.661. The largest absolute Gasteiger partial charge is 0.392 e. The Morgan fingerprint density at radius 1 is 1.35 bits per heavy atom. The standard InChI is InChI=1S/C13H15ClFN3OS/c14-10-7-9(1-2-11(10)15)13(19)18-5-3-17(4-6-18)8-12(16)20/h1-2,7H,3-6,8H2,(H2,16,20). The molecule has 1 aliphatic heterocycles. The molecule has 1 fully saturated rings. The molecule has 1 aromatic carbocycles. The van der Waals surface area contributed by atoms with Crippen LogP contribution in [0.25, 0.3) is 0 Å². The molecule has 0 unspecified atom stereocenters. The molecule has 4 nitrogen and oxygen atoms in total. The Morgan fingerprint density at radius 3 is 2.55 bits per heavy atom. The molecule has 0 aromatic heterocycles. The van der Waals surface area contributed by atoms with Gasteiger partial charge in [0.25, 0.3) is 5.91 Å². The molecule has 0 atom stereocenters. The van der Waals surface area contributed by atoms with Gasteiger partial charge in [0.2, 0.25) is 0 Å². The van der Waals surface area contributed by atoms with E-state index in [9.17, 15) is 9.18 Å². The molecule has 1 aliphatic rings. The maximum Gasteiger partial charge on any atom is 0.253 e. The Kier molecular flexibility index (Phi) is 4.91. The van der Waals surface area contributed by atoms with Crippen LogP contribution >= 0.6 is 23.8 Å². The molecule has 108 valence electrons. The lowest BCUT2D eigenvalue weighted by Gasteiger charge is -2.34. The second-order valence-corrected chi connectivity index (χ2v) is 5.60. The number of benzene rings is 1. The predicted molar refractivity (Wildman–Crippen MR) is 80.5 cm³/mol. The lowest BCUT2D eigenvalue weighted by atomic mass is 10.1.